The number of anilines is 1. The van der Waals surface area contributed by atoms with Crippen LogP contribution in [-0.4, -0.2) is 30.9 Å². The first kappa shape index (κ1) is 12.2. The molecule has 3 nitrogen and oxygen atoms in total. The van der Waals surface area contributed by atoms with Crippen molar-refractivity contribution in [3.8, 4) is 5.75 Å². The molecule has 1 heterocycles. The van der Waals surface area contributed by atoms with E-state index in [1.54, 1.807) is 0 Å². The predicted molar refractivity (Wildman–Crippen MR) is 69.6 cm³/mol. The van der Waals surface area contributed by atoms with Crippen LogP contribution >= 0.6 is 0 Å². The van der Waals surface area contributed by atoms with Gasteiger partial charge in [-0.15, -0.1) is 0 Å². The van der Waals surface area contributed by atoms with E-state index >= 15 is 0 Å². The molecule has 1 aromatic carbocycles. The smallest absolute Gasteiger partial charge is 0.121 e. The topological polar surface area (TPSA) is 32.7 Å². The van der Waals surface area contributed by atoms with Crippen LogP contribution in [0.1, 0.15) is 20.3 Å². The summed E-state index contributed by atoms with van der Waals surface area (Å²) in [6, 6.07) is 8.20. The summed E-state index contributed by atoms with van der Waals surface area (Å²) in [5.41, 5.74) is 1.19. The second-order valence-electron chi connectivity index (χ2n) is 4.95. The van der Waals surface area contributed by atoms with Crippen LogP contribution in [0.4, 0.5) is 5.69 Å². The predicted octanol–water partition coefficient (Wildman–Crippen LogP) is 2.29. The normalized spacial score (nSPS) is 20.0. The Morgan fingerprint density at radius 2 is 2.29 bits per heavy atom. The van der Waals surface area contributed by atoms with E-state index in [1.807, 2.05) is 26.0 Å². The fourth-order valence-electron chi connectivity index (χ4n) is 2.24. The lowest BCUT2D eigenvalue weighted by Gasteiger charge is -2.19. The number of hydrogen-bond donors (Lipinski definition) is 1. The average Bonchev–Trinajstić information content (AvgIpc) is 2.77. The Balaban J connectivity index is 2.06. The Bertz CT molecular complexity index is 365. The fraction of sp³-hybridized carbons (Fsp3) is 0.571. The van der Waals surface area contributed by atoms with Crippen LogP contribution in [-0.2, 0) is 0 Å². The number of rotatable bonds is 4. The SMILES string of the molecule is CC(C)Oc1cccc(N2CCC(CO)C2)c1. The summed E-state index contributed by atoms with van der Waals surface area (Å²) >= 11 is 0. The molecule has 1 N–H and O–H groups in total. The molecular formula is C14H21NO2. The van der Waals surface area contributed by atoms with Crippen molar-refractivity contribution < 1.29 is 9.84 Å². The summed E-state index contributed by atoms with van der Waals surface area (Å²) in [5, 5.41) is 9.15. The lowest BCUT2D eigenvalue weighted by atomic mass is 10.1. The highest BCUT2D eigenvalue weighted by atomic mass is 16.5. The van der Waals surface area contributed by atoms with E-state index < -0.39 is 0 Å². The van der Waals surface area contributed by atoms with Gasteiger partial charge in [0.2, 0.25) is 0 Å². The molecule has 17 heavy (non-hydrogen) atoms. The quantitative estimate of drug-likeness (QED) is 0.869. The van der Waals surface area contributed by atoms with Crippen molar-refractivity contribution in [3.63, 3.8) is 0 Å². The zero-order valence-electron chi connectivity index (χ0n) is 10.6. The lowest BCUT2D eigenvalue weighted by Crippen LogP contribution is -2.20. The Kier molecular flexibility index (Phi) is 3.89. The monoisotopic (exact) mass is 235 g/mol. The highest BCUT2D eigenvalue weighted by Crippen LogP contribution is 2.27. The second kappa shape index (κ2) is 5.41. The van der Waals surface area contributed by atoms with Gasteiger partial charge in [-0.25, -0.2) is 0 Å². The summed E-state index contributed by atoms with van der Waals surface area (Å²) in [5.74, 6) is 1.34. The van der Waals surface area contributed by atoms with Crippen LogP contribution in [0, 0.1) is 5.92 Å². The lowest BCUT2D eigenvalue weighted by molar-refractivity contribution is 0.238. The van der Waals surface area contributed by atoms with E-state index in [4.69, 9.17) is 9.84 Å². The molecule has 1 unspecified atom stereocenters. The maximum absolute atomic E-state index is 9.15. The van der Waals surface area contributed by atoms with Gasteiger partial charge in [0.1, 0.15) is 5.75 Å². The minimum Gasteiger partial charge on any atom is -0.491 e. The van der Waals surface area contributed by atoms with Gasteiger partial charge < -0.3 is 14.7 Å². The first-order valence-corrected chi connectivity index (χ1v) is 6.31. The van der Waals surface area contributed by atoms with Gasteiger partial charge >= 0.3 is 0 Å². The minimum atomic E-state index is 0.203. The first-order valence-electron chi connectivity index (χ1n) is 6.31. The molecule has 1 fully saturated rings. The summed E-state index contributed by atoms with van der Waals surface area (Å²) in [4.78, 5) is 2.31. The molecule has 1 aliphatic heterocycles. The molecule has 1 saturated heterocycles. The third kappa shape index (κ3) is 3.13. The molecule has 0 bridgehead atoms. The van der Waals surface area contributed by atoms with Crippen LogP contribution in [0.5, 0.6) is 5.75 Å². The van der Waals surface area contributed by atoms with Gasteiger partial charge in [0.05, 0.1) is 6.10 Å². The molecule has 0 aliphatic carbocycles. The summed E-state index contributed by atoms with van der Waals surface area (Å²) in [6.07, 6.45) is 1.28. The Morgan fingerprint density at radius 3 is 2.94 bits per heavy atom. The zero-order valence-corrected chi connectivity index (χ0v) is 10.6. The number of ether oxygens (including phenoxy) is 1. The van der Waals surface area contributed by atoms with E-state index in [0.717, 1.165) is 25.3 Å². The average molecular weight is 235 g/mol. The van der Waals surface area contributed by atoms with Crippen LogP contribution in [0.15, 0.2) is 24.3 Å². The van der Waals surface area contributed by atoms with Gasteiger partial charge in [0.15, 0.2) is 0 Å². The van der Waals surface area contributed by atoms with Crippen LogP contribution < -0.4 is 9.64 Å². The number of hydrogen-bond acceptors (Lipinski definition) is 3. The highest BCUT2D eigenvalue weighted by molar-refractivity contribution is 5.51. The summed E-state index contributed by atoms with van der Waals surface area (Å²) < 4.78 is 5.69. The number of aliphatic hydroxyl groups is 1. The van der Waals surface area contributed by atoms with Gasteiger partial charge in [-0.05, 0) is 32.4 Å². The van der Waals surface area contributed by atoms with Gasteiger partial charge in [-0.2, -0.15) is 0 Å². The second-order valence-corrected chi connectivity index (χ2v) is 4.95. The van der Waals surface area contributed by atoms with Crippen molar-refractivity contribution in [2.45, 2.75) is 26.4 Å². The Morgan fingerprint density at radius 1 is 1.47 bits per heavy atom. The molecule has 0 aromatic heterocycles. The Labute approximate surface area is 103 Å². The molecule has 1 atom stereocenters. The molecule has 0 amide bonds. The van der Waals surface area contributed by atoms with Gasteiger partial charge in [-0.3, -0.25) is 0 Å². The van der Waals surface area contributed by atoms with Crippen molar-refractivity contribution in [2.75, 3.05) is 24.6 Å². The van der Waals surface area contributed by atoms with E-state index in [0.29, 0.717) is 12.5 Å². The van der Waals surface area contributed by atoms with E-state index in [-0.39, 0.29) is 6.10 Å². The maximum Gasteiger partial charge on any atom is 0.121 e. The number of nitrogens with zero attached hydrogens (tertiary/aromatic N) is 1. The van der Waals surface area contributed by atoms with E-state index in [2.05, 4.69) is 17.0 Å². The molecule has 94 valence electrons. The third-order valence-electron chi connectivity index (χ3n) is 3.10. The van der Waals surface area contributed by atoms with Crippen LogP contribution in [0.2, 0.25) is 0 Å². The molecular weight excluding hydrogens is 214 g/mol. The molecule has 2 rings (SSSR count). The minimum absolute atomic E-state index is 0.203. The van der Waals surface area contributed by atoms with E-state index in [9.17, 15) is 0 Å². The molecule has 0 spiro atoms. The van der Waals surface area contributed by atoms with Crippen molar-refractivity contribution in [1.29, 1.82) is 0 Å². The molecule has 0 saturated carbocycles. The molecule has 3 heteroatoms. The maximum atomic E-state index is 9.15. The largest absolute Gasteiger partial charge is 0.491 e. The highest BCUT2D eigenvalue weighted by Gasteiger charge is 2.22. The summed E-state index contributed by atoms with van der Waals surface area (Å²) in [7, 11) is 0. The standard InChI is InChI=1S/C14H21NO2/c1-11(2)17-14-5-3-4-13(8-14)15-7-6-12(9-15)10-16/h3-5,8,11-12,16H,6-7,9-10H2,1-2H3. The molecule has 1 aliphatic rings. The van der Waals surface area contributed by atoms with Gasteiger partial charge in [-0.1, -0.05) is 6.07 Å². The Hall–Kier alpha value is -1.22. The van der Waals surface area contributed by atoms with Gasteiger partial charge in [0.25, 0.3) is 0 Å². The number of aliphatic hydroxyl groups excluding tert-OH is 1. The molecule has 1 aromatic rings. The van der Waals surface area contributed by atoms with Crippen LogP contribution in [0.25, 0.3) is 0 Å². The fourth-order valence-corrected chi connectivity index (χ4v) is 2.24. The van der Waals surface area contributed by atoms with Crippen molar-refractivity contribution >= 4 is 5.69 Å². The summed E-state index contributed by atoms with van der Waals surface area (Å²) in [6.45, 7) is 6.32. The first-order chi connectivity index (χ1) is 8.19. The van der Waals surface area contributed by atoms with Crippen molar-refractivity contribution in [2.24, 2.45) is 5.92 Å². The van der Waals surface area contributed by atoms with Crippen molar-refractivity contribution in [1.82, 2.24) is 0 Å². The van der Waals surface area contributed by atoms with Crippen LogP contribution in [0.3, 0.4) is 0 Å². The van der Waals surface area contributed by atoms with Gasteiger partial charge in [0, 0.05) is 37.4 Å². The molecule has 0 radical (unpaired) electrons. The van der Waals surface area contributed by atoms with E-state index in [1.165, 1.54) is 5.69 Å². The number of benzene rings is 1. The third-order valence-corrected chi connectivity index (χ3v) is 3.10. The zero-order chi connectivity index (χ0) is 12.3. The van der Waals surface area contributed by atoms with Crippen molar-refractivity contribution in [3.05, 3.63) is 24.3 Å².